The molecule has 18 heavy (non-hydrogen) atoms. The molecular formula is C14H21N3O. The molecule has 1 N–H and O–H groups in total. The maximum absolute atomic E-state index is 10.0. The summed E-state index contributed by atoms with van der Waals surface area (Å²) in [7, 11) is 3.93. The number of imidazole rings is 1. The first-order chi connectivity index (χ1) is 8.61. The predicted molar refractivity (Wildman–Crippen MR) is 73.7 cm³/mol. The summed E-state index contributed by atoms with van der Waals surface area (Å²) in [5, 5.41) is 10.0. The minimum absolute atomic E-state index is 0.373. The van der Waals surface area contributed by atoms with Gasteiger partial charge in [0.1, 0.15) is 5.82 Å². The van der Waals surface area contributed by atoms with Crippen LogP contribution in [0.15, 0.2) is 24.3 Å². The molecule has 0 saturated heterocycles. The van der Waals surface area contributed by atoms with Crippen LogP contribution in [0.5, 0.6) is 0 Å². The molecule has 0 spiro atoms. The van der Waals surface area contributed by atoms with E-state index in [0.29, 0.717) is 13.0 Å². The molecule has 2 aromatic rings. The SMILES string of the molecule is CCn1c(CC(O)CN(C)C)nc2ccccc21. The first-order valence-corrected chi connectivity index (χ1v) is 6.38. The van der Waals surface area contributed by atoms with E-state index in [1.807, 2.05) is 37.2 Å². The van der Waals surface area contributed by atoms with Crippen molar-refractivity contribution in [3.8, 4) is 0 Å². The monoisotopic (exact) mass is 247 g/mol. The van der Waals surface area contributed by atoms with Gasteiger partial charge in [-0.1, -0.05) is 12.1 Å². The third-order valence-electron chi connectivity index (χ3n) is 3.04. The molecule has 4 heteroatoms. The van der Waals surface area contributed by atoms with Gasteiger partial charge in [-0.15, -0.1) is 0 Å². The topological polar surface area (TPSA) is 41.3 Å². The van der Waals surface area contributed by atoms with Crippen LogP contribution in [-0.4, -0.2) is 46.3 Å². The molecule has 98 valence electrons. The van der Waals surface area contributed by atoms with Crippen molar-refractivity contribution in [2.24, 2.45) is 0 Å². The van der Waals surface area contributed by atoms with E-state index in [9.17, 15) is 5.11 Å². The molecule has 1 aromatic heterocycles. The number of likely N-dealkylation sites (N-methyl/N-ethyl adjacent to an activating group) is 1. The van der Waals surface area contributed by atoms with Crippen LogP contribution >= 0.6 is 0 Å². The van der Waals surface area contributed by atoms with Gasteiger partial charge in [0.05, 0.1) is 17.1 Å². The normalized spacial score (nSPS) is 13.4. The fourth-order valence-electron chi connectivity index (χ4n) is 2.33. The number of aliphatic hydroxyl groups is 1. The van der Waals surface area contributed by atoms with Crippen molar-refractivity contribution in [1.82, 2.24) is 14.5 Å². The second kappa shape index (κ2) is 5.50. The zero-order valence-corrected chi connectivity index (χ0v) is 11.3. The molecule has 2 rings (SSSR count). The lowest BCUT2D eigenvalue weighted by Crippen LogP contribution is -2.28. The van der Waals surface area contributed by atoms with Crippen molar-refractivity contribution < 1.29 is 5.11 Å². The minimum Gasteiger partial charge on any atom is -0.391 e. The molecule has 4 nitrogen and oxygen atoms in total. The molecule has 0 saturated carbocycles. The molecule has 0 aliphatic rings. The van der Waals surface area contributed by atoms with Gasteiger partial charge in [0, 0.05) is 19.5 Å². The van der Waals surface area contributed by atoms with Gasteiger partial charge in [0.15, 0.2) is 0 Å². The van der Waals surface area contributed by atoms with Gasteiger partial charge in [-0.2, -0.15) is 0 Å². The number of aryl methyl sites for hydroxylation is 1. The molecule has 1 aromatic carbocycles. The fourth-order valence-corrected chi connectivity index (χ4v) is 2.33. The summed E-state index contributed by atoms with van der Waals surface area (Å²) in [5.74, 6) is 0.966. The highest BCUT2D eigenvalue weighted by atomic mass is 16.3. The fraction of sp³-hybridized carbons (Fsp3) is 0.500. The van der Waals surface area contributed by atoms with Crippen LogP contribution in [0.2, 0.25) is 0 Å². The van der Waals surface area contributed by atoms with E-state index in [-0.39, 0.29) is 6.10 Å². The first-order valence-electron chi connectivity index (χ1n) is 6.38. The van der Waals surface area contributed by atoms with Crippen LogP contribution in [0.3, 0.4) is 0 Å². The van der Waals surface area contributed by atoms with Crippen molar-refractivity contribution in [3.63, 3.8) is 0 Å². The highest BCUT2D eigenvalue weighted by Crippen LogP contribution is 2.17. The zero-order chi connectivity index (χ0) is 13.1. The van der Waals surface area contributed by atoms with Crippen molar-refractivity contribution in [2.75, 3.05) is 20.6 Å². The Bertz CT molecular complexity index is 519. The Hall–Kier alpha value is -1.39. The Morgan fingerprint density at radius 2 is 2.06 bits per heavy atom. The molecule has 0 aliphatic heterocycles. The van der Waals surface area contributed by atoms with Crippen LogP contribution in [0.4, 0.5) is 0 Å². The summed E-state index contributed by atoms with van der Waals surface area (Å²) in [5.41, 5.74) is 2.15. The number of aliphatic hydroxyl groups excluding tert-OH is 1. The van der Waals surface area contributed by atoms with E-state index in [1.54, 1.807) is 0 Å². The van der Waals surface area contributed by atoms with Gasteiger partial charge in [0.25, 0.3) is 0 Å². The molecule has 0 fully saturated rings. The van der Waals surface area contributed by atoms with Crippen molar-refractivity contribution >= 4 is 11.0 Å². The largest absolute Gasteiger partial charge is 0.391 e. The first kappa shape index (κ1) is 13.1. The number of para-hydroxylation sites is 2. The third kappa shape index (κ3) is 2.71. The summed E-state index contributed by atoms with van der Waals surface area (Å²) in [4.78, 5) is 6.60. The van der Waals surface area contributed by atoms with Crippen LogP contribution in [0, 0.1) is 0 Å². The summed E-state index contributed by atoms with van der Waals surface area (Å²) >= 11 is 0. The van der Waals surface area contributed by atoms with E-state index in [0.717, 1.165) is 23.4 Å². The maximum Gasteiger partial charge on any atom is 0.112 e. The Balaban J connectivity index is 2.27. The summed E-state index contributed by atoms with van der Waals surface area (Å²) in [6.45, 7) is 3.65. The van der Waals surface area contributed by atoms with Crippen LogP contribution in [0.1, 0.15) is 12.7 Å². The van der Waals surface area contributed by atoms with E-state index >= 15 is 0 Å². The second-order valence-electron chi connectivity index (χ2n) is 4.88. The molecule has 1 heterocycles. The van der Waals surface area contributed by atoms with Gasteiger partial charge < -0.3 is 14.6 Å². The zero-order valence-electron chi connectivity index (χ0n) is 11.3. The number of rotatable bonds is 5. The molecule has 0 aliphatic carbocycles. The molecular weight excluding hydrogens is 226 g/mol. The Labute approximate surface area is 108 Å². The molecule has 1 atom stereocenters. The van der Waals surface area contributed by atoms with Crippen molar-refractivity contribution in [3.05, 3.63) is 30.1 Å². The molecule has 0 bridgehead atoms. The van der Waals surface area contributed by atoms with E-state index in [2.05, 4.69) is 22.5 Å². The Morgan fingerprint density at radius 3 is 2.72 bits per heavy atom. The van der Waals surface area contributed by atoms with E-state index in [1.165, 1.54) is 0 Å². The van der Waals surface area contributed by atoms with Crippen molar-refractivity contribution in [2.45, 2.75) is 26.0 Å². The molecule has 0 radical (unpaired) electrons. The predicted octanol–water partition coefficient (Wildman–Crippen LogP) is 1.52. The minimum atomic E-state index is -0.373. The highest BCUT2D eigenvalue weighted by molar-refractivity contribution is 5.75. The van der Waals surface area contributed by atoms with Gasteiger partial charge >= 0.3 is 0 Å². The van der Waals surface area contributed by atoms with E-state index in [4.69, 9.17) is 0 Å². The number of hydrogen-bond donors (Lipinski definition) is 1. The summed E-state index contributed by atoms with van der Waals surface area (Å²) in [6.07, 6.45) is 0.225. The summed E-state index contributed by atoms with van der Waals surface area (Å²) < 4.78 is 2.17. The number of nitrogens with zero attached hydrogens (tertiary/aromatic N) is 3. The van der Waals surface area contributed by atoms with Crippen LogP contribution < -0.4 is 0 Å². The maximum atomic E-state index is 10.0. The molecule has 0 amide bonds. The van der Waals surface area contributed by atoms with E-state index < -0.39 is 0 Å². The average Bonchev–Trinajstić information content (AvgIpc) is 2.64. The van der Waals surface area contributed by atoms with Gasteiger partial charge in [-0.25, -0.2) is 4.98 Å². The number of hydrogen-bond acceptors (Lipinski definition) is 3. The second-order valence-corrected chi connectivity index (χ2v) is 4.88. The standard InChI is InChI=1S/C14H21N3O/c1-4-17-13-8-6-5-7-12(13)15-14(17)9-11(18)10-16(2)3/h5-8,11,18H,4,9-10H2,1-3H3. The number of fused-ring (bicyclic) bond motifs is 1. The molecule has 1 unspecified atom stereocenters. The van der Waals surface area contributed by atoms with Gasteiger partial charge in [-0.05, 0) is 33.2 Å². The van der Waals surface area contributed by atoms with Gasteiger partial charge in [-0.3, -0.25) is 0 Å². The summed E-state index contributed by atoms with van der Waals surface area (Å²) in [6, 6.07) is 8.11. The van der Waals surface area contributed by atoms with Gasteiger partial charge in [0.2, 0.25) is 0 Å². The van der Waals surface area contributed by atoms with Crippen molar-refractivity contribution in [1.29, 1.82) is 0 Å². The Morgan fingerprint density at radius 1 is 1.33 bits per heavy atom. The third-order valence-corrected chi connectivity index (χ3v) is 3.04. The Kier molecular flexibility index (Phi) is 3.99. The quantitative estimate of drug-likeness (QED) is 0.871. The lowest BCUT2D eigenvalue weighted by Gasteiger charge is -2.16. The lowest BCUT2D eigenvalue weighted by atomic mass is 10.2. The number of benzene rings is 1. The van der Waals surface area contributed by atoms with Crippen LogP contribution in [-0.2, 0) is 13.0 Å². The number of aromatic nitrogens is 2. The smallest absolute Gasteiger partial charge is 0.112 e. The van der Waals surface area contributed by atoms with Crippen LogP contribution in [0.25, 0.3) is 11.0 Å². The average molecular weight is 247 g/mol. The highest BCUT2D eigenvalue weighted by Gasteiger charge is 2.14. The lowest BCUT2D eigenvalue weighted by molar-refractivity contribution is 0.134.